The molecule has 112 valence electrons. The summed E-state index contributed by atoms with van der Waals surface area (Å²) in [4.78, 5) is 15.6. The lowest BCUT2D eigenvalue weighted by Crippen LogP contribution is -2.36. The van der Waals surface area contributed by atoms with Gasteiger partial charge in [-0.1, -0.05) is 11.8 Å². The van der Waals surface area contributed by atoms with Crippen LogP contribution in [0.15, 0.2) is 21.1 Å². The molecule has 0 aliphatic carbocycles. The molecule has 0 radical (unpaired) electrons. The molecule has 0 saturated carbocycles. The van der Waals surface area contributed by atoms with Gasteiger partial charge in [0.15, 0.2) is 0 Å². The van der Waals surface area contributed by atoms with Crippen molar-refractivity contribution >= 4 is 40.8 Å². The number of nitrogens with zero attached hydrogens (tertiary/aromatic N) is 3. The van der Waals surface area contributed by atoms with E-state index in [1.54, 1.807) is 23.1 Å². The molecule has 2 aromatic rings. The highest BCUT2D eigenvalue weighted by molar-refractivity contribution is 7.99. The molecule has 21 heavy (non-hydrogen) atoms. The fraction of sp³-hybridized carbons (Fsp3) is 0.462. The number of aromatic nitrogens is 2. The molecule has 0 unspecified atom stereocenters. The lowest BCUT2D eigenvalue weighted by atomic mass is 10.1. The Kier molecular flexibility index (Phi) is 4.87. The second-order valence-electron chi connectivity index (χ2n) is 4.62. The van der Waals surface area contributed by atoms with Gasteiger partial charge in [-0.05, 0) is 29.7 Å². The number of thiophene rings is 1. The van der Waals surface area contributed by atoms with Crippen LogP contribution in [-0.2, 0) is 23.5 Å². The summed E-state index contributed by atoms with van der Waals surface area (Å²) in [6, 6.07) is 2.11. The van der Waals surface area contributed by atoms with Gasteiger partial charge in [0.1, 0.15) is 0 Å². The van der Waals surface area contributed by atoms with Crippen LogP contribution in [0.4, 0.5) is 0 Å². The van der Waals surface area contributed by atoms with Gasteiger partial charge in [-0.15, -0.1) is 21.5 Å². The molecule has 3 rings (SSSR count). The van der Waals surface area contributed by atoms with Crippen molar-refractivity contribution in [3.8, 4) is 0 Å². The Bertz CT molecular complexity index is 626. The summed E-state index contributed by atoms with van der Waals surface area (Å²) in [6.07, 6.45) is 2.94. The third-order valence-corrected chi connectivity index (χ3v) is 5.56. The highest BCUT2D eigenvalue weighted by Crippen LogP contribution is 2.25. The first-order chi connectivity index (χ1) is 10.3. The molecule has 0 saturated heterocycles. The average Bonchev–Trinajstić information content (AvgIpc) is 3.13. The molecular formula is C13H15N3O2S3. The number of carbonyl (C=O) groups excluding carboxylic acids is 1. The number of hydrogen-bond donors (Lipinski definition) is 0. The van der Waals surface area contributed by atoms with Crippen LogP contribution in [0.1, 0.15) is 16.3 Å². The van der Waals surface area contributed by atoms with Crippen LogP contribution < -0.4 is 0 Å². The van der Waals surface area contributed by atoms with Crippen molar-refractivity contribution in [1.82, 2.24) is 15.1 Å². The van der Waals surface area contributed by atoms with Gasteiger partial charge < -0.3 is 9.32 Å². The number of thioether (sulfide) groups is 2. The summed E-state index contributed by atoms with van der Waals surface area (Å²) in [5.74, 6) is 1.79. The molecule has 0 atom stereocenters. The van der Waals surface area contributed by atoms with E-state index in [-0.39, 0.29) is 5.91 Å². The minimum Gasteiger partial charge on any atom is -0.415 e. The smallest absolute Gasteiger partial charge is 0.277 e. The summed E-state index contributed by atoms with van der Waals surface area (Å²) in [5.41, 5.74) is 1.28. The van der Waals surface area contributed by atoms with E-state index < -0.39 is 0 Å². The maximum Gasteiger partial charge on any atom is 0.277 e. The molecule has 1 aliphatic heterocycles. The second kappa shape index (κ2) is 6.85. The third kappa shape index (κ3) is 3.61. The SMILES string of the molecule is CSCc1nnc(SCC(=O)N2CCc3sccc3C2)o1. The van der Waals surface area contributed by atoms with Crippen LogP contribution in [0.2, 0.25) is 0 Å². The molecule has 8 heteroatoms. The van der Waals surface area contributed by atoms with Crippen molar-refractivity contribution in [2.24, 2.45) is 0 Å². The van der Waals surface area contributed by atoms with Crippen LogP contribution in [0, 0.1) is 0 Å². The van der Waals surface area contributed by atoms with E-state index in [0.717, 1.165) is 19.5 Å². The van der Waals surface area contributed by atoms with Gasteiger partial charge in [0.2, 0.25) is 11.8 Å². The molecule has 0 spiro atoms. The topological polar surface area (TPSA) is 59.2 Å². The Hall–Kier alpha value is -0.990. The highest BCUT2D eigenvalue weighted by Gasteiger charge is 2.22. The van der Waals surface area contributed by atoms with E-state index in [2.05, 4.69) is 21.6 Å². The standard InChI is InChI=1S/C13H15N3O2S3/c1-19-7-11-14-15-13(18-11)21-8-12(17)16-4-2-10-9(6-16)3-5-20-10/h3,5H,2,4,6-8H2,1H3. The Balaban J connectivity index is 1.52. The third-order valence-electron chi connectivity index (χ3n) is 3.20. The monoisotopic (exact) mass is 341 g/mol. The molecule has 0 aromatic carbocycles. The number of amides is 1. The zero-order valence-electron chi connectivity index (χ0n) is 11.6. The van der Waals surface area contributed by atoms with Gasteiger partial charge in [0.05, 0.1) is 11.5 Å². The molecule has 1 aliphatic rings. The van der Waals surface area contributed by atoms with Gasteiger partial charge in [-0.2, -0.15) is 11.8 Å². The van der Waals surface area contributed by atoms with Gasteiger partial charge in [0, 0.05) is 18.0 Å². The minimum absolute atomic E-state index is 0.126. The zero-order valence-corrected chi connectivity index (χ0v) is 14.0. The van der Waals surface area contributed by atoms with Gasteiger partial charge >= 0.3 is 0 Å². The normalized spacial score (nSPS) is 14.2. The lowest BCUT2D eigenvalue weighted by Gasteiger charge is -2.26. The van der Waals surface area contributed by atoms with Crippen molar-refractivity contribution in [1.29, 1.82) is 0 Å². The molecule has 0 fully saturated rings. The maximum atomic E-state index is 12.3. The van der Waals surface area contributed by atoms with Crippen molar-refractivity contribution in [2.45, 2.75) is 23.9 Å². The maximum absolute atomic E-state index is 12.3. The predicted octanol–water partition coefficient (Wildman–Crippen LogP) is 2.67. The highest BCUT2D eigenvalue weighted by atomic mass is 32.2. The Morgan fingerprint density at radius 1 is 1.52 bits per heavy atom. The Labute approximate surface area is 135 Å². The quantitative estimate of drug-likeness (QED) is 0.779. The number of hydrogen-bond acceptors (Lipinski definition) is 7. The summed E-state index contributed by atoms with van der Waals surface area (Å²) in [6.45, 7) is 1.52. The first kappa shape index (κ1) is 14.9. The first-order valence-electron chi connectivity index (χ1n) is 6.53. The number of rotatable bonds is 5. The van der Waals surface area contributed by atoms with Crippen LogP contribution in [0.3, 0.4) is 0 Å². The molecule has 0 N–H and O–H groups in total. The molecule has 1 amide bonds. The van der Waals surface area contributed by atoms with Crippen molar-refractivity contribution in [2.75, 3.05) is 18.6 Å². The van der Waals surface area contributed by atoms with Gasteiger partial charge in [0.25, 0.3) is 5.22 Å². The van der Waals surface area contributed by atoms with Crippen LogP contribution >= 0.6 is 34.9 Å². The summed E-state index contributed by atoms with van der Waals surface area (Å²) >= 11 is 4.72. The fourth-order valence-corrected chi connectivity index (χ4v) is 4.09. The van der Waals surface area contributed by atoms with Crippen LogP contribution in [0.25, 0.3) is 0 Å². The van der Waals surface area contributed by atoms with Crippen molar-refractivity contribution < 1.29 is 9.21 Å². The summed E-state index contributed by atoms with van der Waals surface area (Å²) in [5, 5.41) is 10.4. The Morgan fingerprint density at radius 2 is 2.43 bits per heavy atom. The molecular weight excluding hydrogens is 326 g/mol. The van der Waals surface area contributed by atoms with E-state index in [4.69, 9.17) is 4.42 Å². The Morgan fingerprint density at radius 3 is 3.29 bits per heavy atom. The fourth-order valence-electron chi connectivity index (χ4n) is 2.15. The van der Waals surface area contributed by atoms with Gasteiger partial charge in [-0.3, -0.25) is 4.79 Å². The van der Waals surface area contributed by atoms with Gasteiger partial charge in [-0.25, -0.2) is 0 Å². The number of carbonyl (C=O) groups is 1. The molecule has 5 nitrogen and oxygen atoms in total. The lowest BCUT2D eigenvalue weighted by molar-refractivity contribution is -0.129. The zero-order chi connectivity index (χ0) is 14.7. The first-order valence-corrected chi connectivity index (χ1v) is 9.79. The second-order valence-corrected chi connectivity index (χ2v) is 7.41. The van der Waals surface area contributed by atoms with E-state index >= 15 is 0 Å². The molecule has 2 aromatic heterocycles. The minimum atomic E-state index is 0.126. The average molecular weight is 341 g/mol. The van der Waals surface area contributed by atoms with Crippen LogP contribution in [-0.4, -0.2) is 39.6 Å². The molecule has 3 heterocycles. The van der Waals surface area contributed by atoms with Crippen molar-refractivity contribution in [3.05, 3.63) is 27.8 Å². The number of fused-ring (bicyclic) bond motifs is 1. The van der Waals surface area contributed by atoms with E-state index in [0.29, 0.717) is 22.6 Å². The molecule has 0 bridgehead atoms. The van der Waals surface area contributed by atoms with Crippen LogP contribution in [0.5, 0.6) is 0 Å². The van der Waals surface area contributed by atoms with E-state index in [1.807, 2.05) is 11.2 Å². The van der Waals surface area contributed by atoms with E-state index in [1.165, 1.54) is 22.2 Å². The largest absolute Gasteiger partial charge is 0.415 e. The predicted molar refractivity (Wildman–Crippen MR) is 85.7 cm³/mol. The van der Waals surface area contributed by atoms with E-state index in [9.17, 15) is 4.79 Å². The van der Waals surface area contributed by atoms with Crippen molar-refractivity contribution in [3.63, 3.8) is 0 Å². The summed E-state index contributed by atoms with van der Waals surface area (Å²) in [7, 11) is 0. The summed E-state index contributed by atoms with van der Waals surface area (Å²) < 4.78 is 5.46.